The molecule has 86 heavy (non-hydrogen) atoms. The van der Waals surface area contributed by atoms with E-state index in [0.29, 0.717) is 53.2 Å². The number of halogens is 5. The lowest BCUT2D eigenvalue weighted by Crippen LogP contribution is -2.33. The molecule has 3 heterocycles. The molecule has 2 unspecified atom stereocenters. The third-order valence-electron chi connectivity index (χ3n) is 9.93. The van der Waals surface area contributed by atoms with Gasteiger partial charge >= 0.3 is 23.8 Å². The minimum Gasteiger partial charge on any atom is -0.484 e. The van der Waals surface area contributed by atoms with Gasteiger partial charge in [-0.25, -0.2) is 31.2 Å². The normalized spacial score (nSPS) is 14.3. The highest BCUT2D eigenvalue weighted by molar-refractivity contribution is 7.91. The quantitative estimate of drug-likeness (QED) is 0.0133. The van der Waals surface area contributed by atoms with E-state index in [1.807, 2.05) is 27.7 Å². The molecule has 1 aromatic rings. The molecule has 3 fully saturated rings. The Morgan fingerprint density at radius 3 is 1.29 bits per heavy atom. The largest absolute Gasteiger partial charge is 0.517 e. The number of nitrogens with one attached hydrogen (secondary N) is 3. The number of imide groups is 1. The van der Waals surface area contributed by atoms with Crippen LogP contribution in [0.25, 0.3) is 4.85 Å². The highest BCUT2D eigenvalue weighted by Crippen LogP contribution is 2.30. The Morgan fingerprint density at radius 1 is 0.733 bits per heavy atom. The van der Waals surface area contributed by atoms with E-state index >= 15 is 0 Å². The number of allylic oxidation sites excluding steroid dienone is 1. The predicted molar refractivity (Wildman–Crippen MR) is 326 cm³/mol. The van der Waals surface area contributed by atoms with Gasteiger partial charge in [-0.15, -0.1) is 5.06 Å². The molecule has 0 bridgehead atoms. The van der Waals surface area contributed by atoms with Crippen LogP contribution >= 0.6 is 0 Å². The molecule has 0 radical (unpaired) electrons. The van der Waals surface area contributed by atoms with E-state index in [4.69, 9.17) is 14.9 Å². The first-order valence-corrected chi connectivity index (χ1v) is 30.0. The van der Waals surface area contributed by atoms with Crippen molar-refractivity contribution in [2.24, 2.45) is 47.3 Å². The summed E-state index contributed by atoms with van der Waals surface area (Å²) in [5.41, 5.74) is 0. The zero-order chi connectivity index (χ0) is 69.1. The van der Waals surface area contributed by atoms with Crippen LogP contribution in [0.1, 0.15) is 171 Å². The molecule has 19 nitrogen and oxygen atoms in total. The molecule has 3 aliphatic heterocycles. The maximum Gasteiger partial charge on any atom is 0.517 e. The summed E-state index contributed by atoms with van der Waals surface area (Å²) in [5.74, 6) is -13.7. The lowest BCUT2D eigenvalue weighted by molar-refractivity contribution is -0.199. The summed E-state index contributed by atoms with van der Waals surface area (Å²) in [6.45, 7) is 53.6. The maximum atomic E-state index is 13.0. The molecule has 0 spiro atoms. The molecule has 2 atom stereocenters. The average molecular weight is 1260 g/mol. The summed E-state index contributed by atoms with van der Waals surface area (Å²) in [6.07, 6.45) is 9.13. The topological polar surface area (TPSA) is 259 Å². The number of nitrogens with zero attached hydrogens (tertiary/aromatic N) is 2. The number of hydrogen-bond donors (Lipinski definition) is 3. The number of sulfone groups is 1. The lowest BCUT2D eigenvalue weighted by Gasteiger charge is -2.13. The van der Waals surface area contributed by atoms with Gasteiger partial charge in [0.1, 0.15) is 21.9 Å². The van der Waals surface area contributed by atoms with Crippen molar-refractivity contribution in [3.63, 3.8) is 0 Å². The van der Waals surface area contributed by atoms with Crippen LogP contribution in [0.5, 0.6) is 5.75 Å². The van der Waals surface area contributed by atoms with Crippen molar-refractivity contribution in [3.05, 3.63) is 71.8 Å². The van der Waals surface area contributed by atoms with Crippen molar-refractivity contribution in [3.8, 4) is 12.3 Å². The van der Waals surface area contributed by atoms with E-state index in [-0.39, 0.29) is 53.6 Å². The second kappa shape index (κ2) is 49.6. The van der Waals surface area contributed by atoms with Gasteiger partial charge in [0.2, 0.25) is 34.8 Å². The molecule has 496 valence electrons. The number of carbonyl (C=O) groups is 7. The molecule has 1 aromatic carbocycles. The third kappa shape index (κ3) is 49.7. The van der Waals surface area contributed by atoms with Crippen molar-refractivity contribution in [1.29, 1.82) is 5.41 Å². The fourth-order valence-electron chi connectivity index (χ4n) is 4.65. The maximum absolute atomic E-state index is 13.0. The number of carbonyl (C=O) groups excluding carboxylic acids is 7. The van der Waals surface area contributed by atoms with Crippen molar-refractivity contribution >= 4 is 57.7 Å². The Kier molecular flexibility index (Phi) is 52.2. The second-order valence-electron chi connectivity index (χ2n) is 22.4. The molecule has 3 saturated heterocycles. The number of cyclic esters (lactones) is 1. The zero-order valence-corrected chi connectivity index (χ0v) is 55.8. The highest BCUT2D eigenvalue weighted by Gasteiger charge is 2.34. The highest BCUT2D eigenvalue weighted by atomic mass is 32.2. The Balaban J connectivity index is -0.000000212. The number of epoxide rings is 1. The standard InChI is InChI=1S/C10H7F5O2.C8H11NO4.C8H12O2.C6H13NO.C6H12O.C5H8NO.2C5H11N.C4H10O2S.C4H8O/c1-3(2)10(16)17-9-7(14)5(12)4(11)6(13)8(9)15;1-5(2)8(12)13-9-6(10)3-4-7(9)11;1-5(2)7-4-6(3)10-8(7)9;1-5(2)4-6(7)8-3;1-5(2)3-6-4-7-6;1-4(2)5(7)6-3;2*1-4-6-5(2)3;1-4(2)7(3,5)6;1-4(2)3-5/h3H,1-2H3;5H,3-4H2,1-2H3;5,7H,3-4H2,1-2H3;5,7H,4H2,1-3H3;5-6H,3-4H2,1-2H3;3-4H,1-2H3;2*4-6H,1H2,2-3H3;4H,1-3H3;3-4H,1-2H3/q;;;;;+1;;;;. The number of esters is 2. The monoisotopic (exact) mass is 1260 g/mol. The summed E-state index contributed by atoms with van der Waals surface area (Å²) in [6, 6.07) is 1.06. The Bertz CT molecular complexity index is 2340. The van der Waals surface area contributed by atoms with Gasteiger partial charge in [0.15, 0.2) is 5.90 Å². The molecular weight excluding hydrogens is 1150 g/mol. The minimum atomic E-state index is -2.74. The summed E-state index contributed by atoms with van der Waals surface area (Å²) in [7, 11) is -1.21. The number of methoxy groups -OCH3 is 1. The van der Waals surface area contributed by atoms with E-state index in [0.717, 1.165) is 25.2 Å². The molecule has 3 amide bonds. The van der Waals surface area contributed by atoms with Crippen LogP contribution in [0.3, 0.4) is 0 Å². The second-order valence-corrected chi connectivity index (χ2v) is 25.0. The van der Waals surface area contributed by atoms with Crippen molar-refractivity contribution in [2.45, 2.75) is 194 Å². The van der Waals surface area contributed by atoms with Crippen LogP contribution in [0.2, 0.25) is 0 Å². The first-order chi connectivity index (χ1) is 39.3. The van der Waals surface area contributed by atoms with Gasteiger partial charge < -0.3 is 39.2 Å². The molecule has 0 aliphatic carbocycles. The number of rotatable bonds is 16. The van der Waals surface area contributed by atoms with Crippen LogP contribution in [0.4, 0.5) is 22.0 Å². The minimum absolute atomic E-state index is 0.0486. The Hall–Kier alpha value is -6.55. The summed E-state index contributed by atoms with van der Waals surface area (Å²) >= 11 is 0. The molecule has 0 saturated carbocycles. The van der Waals surface area contributed by atoms with E-state index in [1.54, 1.807) is 53.9 Å². The molecule has 3 aliphatic rings. The number of benzene rings is 1. The van der Waals surface area contributed by atoms with E-state index in [1.165, 1.54) is 33.6 Å². The predicted octanol–water partition coefficient (Wildman–Crippen LogP) is 12.7. The van der Waals surface area contributed by atoms with Crippen LogP contribution in [-0.2, 0) is 62.4 Å². The number of ether oxygens (including phenoxy) is 4. The number of hydroxylamine groups is 2. The molecule has 4 rings (SSSR count). The lowest BCUT2D eigenvalue weighted by atomic mass is 9.94. The summed E-state index contributed by atoms with van der Waals surface area (Å²) in [4.78, 5) is 82.2. The zero-order valence-electron chi connectivity index (χ0n) is 55.0. The van der Waals surface area contributed by atoms with Gasteiger partial charge in [-0.05, 0) is 92.0 Å². The SMILES string of the molecule is C#[N+]C(=O)C(C)C.C=C1CC(C(C)C)C(=O)O1.C=CNC(C)C.C=CNC(C)C.CC(C)C(=O)ON1C(=O)CCC1=O.CC(C)C(=O)Oc1c(F)c(F)c(F)c(F)c1F.CC(C)C=O.CC(C)CC1CO1.CC(C)S(C)(=O)=O.COC(=N)CC(C)C. The van der Waals surface area contributed by atoms with E-state index in [2.05, 4.69) is 111 Å². The number of amides is 3. The fourth-order valence-corrected chi connectivity index (χ4v) is 4.65. The van der Waals surface area contributed by atoms with Crippen LogP contribution in [-0.4, -0.2) is 105 Å². The van der Waals surface area contributed by atoms with Crippen molar-refractivity contribution in [1.82, 2.24) is 15.7 Å². The Morgan fingerprint density at radius 2 is 1.12 bits per heavy atom. The third-order valence-corrected chi connectivity index (χ3v) is 11.6. The molecule has 25 heteroatoms. The number of aldehydes is 1. The van der Waals surface area contributed by atoms with Crippen LogP contribution in [0, 0.1) is 88.4 Å². The van der Waals surface area contributed by atoms with Gasteiger partial charge in [-0.3, -0.25) is 24.6 Å². The first kappa shape index (κ1) is 90.6. The smallest absolute Gasteiger partial charge is 0.484 e. The van der Waals surface area contributed by atoms with Gasteiger partial charge in [0.25, 0.3) is 18.4 Å². The fraction of sp³-hybridized carbons (Fsp3) is 0.656. The first-order valence-electron chi connectivity index (χ1n) is 28.1. The molecule has 0 aromatic heterocycles. The summed E-state index contributed by atoms with van der Waals surface area (Å²) < 4.78 is 103. The van der Waals surface area contributed by atoms with Gasteiger partial charge in [0.05, 0.1) is 48.7 Å². The van der Waals surface area contributed by atoms with Crippen molar-refractivity contribution in [2.75, 3.05) is 20.0 Å². The van der Waals surface area contributed by atoms with Gasteiger partial charge in [0, 0.05) is 54.8 Å². The van der Waals surface area contributed by atoms with Gasteiger partial charge in [-0.2, -0.15) is 8.78 Å². The molecule has 3 N–H and O–H groups in total. The summed E-state index contributed by atoms with van der Waals surface area (Å²) in [5, 5.41) is 13.3. The van der Waals surface area contributed by atoms with E-state index in [9.17, 15) is 63.9 Å². The van der Waals surface area contributed by atoms with Crippen molar-refractivity contribution < 1.29 is 87.7 Å². The average Bonchev–Trinajstić information content (AvgIpc) is 2.85. The molecular formula is C61H103F5N5O14S+. The van der Waals surface area contributed by atoms with Crippen LogP contribution in [0.15, 0.2) is 37.9 Å². The number of hydrogen-bond acceptors (Lipinski definition) is 17. The van der Waals surface area contributed by atoms with Crippen LogP contribution < -0.4 is 15.4 Å². The Labute approximate surface area is 510 Å². The van der Waals surface area contributed by atoms with E-state index < -0.39 is 74.3 Å². The van der Waals surface area contributed by atoms with Gasteiger partial charge in [-0.1, -0.05) is 103 Å².